The first kappa shape index (κ1) is 17.9. The smallest absolute Gasteiger partial charge is 0.135 e. The molecule has 2 aliphatic rings. The van der Waals surface area contributed by atoms with Crippen molar-refractivity contribution >= 4 is 23.5 Å². The zero-order chi connectivity index (χ0) is 18.6. The summed E-state index contributed by atoms with van der Waals surface area (Å²) in [6.45, 7) is 5.46. The highest BCUT2D eigenvalue weighted by Gasteiger charge is 2.31. The van der Waals surface area contributed by atoms with Crippen LogP contribution in [0.2, 0.25) is 0 Å². The van der Waals surface area contributed by atoms with Crippen molar-refractivity contribution in [3.05, 3.63) is 42.2 Å². The fourth-order valence-electron chi connectivity index (χ4n) is 4.42. The van der Waals surface area contributed by atoms with Crippen molar-refractivity contribution in [1.29, 1.82) is 5.41 Å². The van der Waals surface area contributed by atoms with Gasteiger partial charge in [0.2, 0.25) is 0 Å². The van der Waals surface area contributed by atoms with Crippen LogP contribution in [0.1, 0.15) is 38.2 Å². The number of anilines is 3. The first-order chi connectivity index (χ1) is 13.2. The maximum absolute atomic E-state index is 7.55. The van der Waals surface area contributed by atoms with E-state index in [4.69, 9.17) is 5.41 Å². The number of benzene rings is 1. The molecule has 1 aliphatic heterocycles. The summed E-state index contributed by atoms with van der Waals surface area (Å²) in [5, 5.41) is 10.9. The number of hydrogen-bond acceptors (Lipinski definition) is 6. The van der Waals surface area contributed by atoms with Crippen LogP contribution in [0.25, 0.3) is 0 Å². The number of piperazine rings is 1. The Morgan fingerprint density at radius 2 is 1.96 bits per heavy atom. The van der Waals surface area contributed by atoms with E-state index >= 15 is 0 Å². The Labute approximate surface area is 161 Å². The van der Waals surface area contributed by atoms with Crippen LogP contribution in [-0.4, -0.2) is 52.8 Å². The van der Waals surface area contributed by atoms with Gasteiger partial charge >= 0.3 is 0 Å². The van der Waals surface area contributed by atoms with E-state index < -0.39 is 0 Å². The van der Waals surface area contributed by atoms with Gasteiger partial charge in [-0.15, -0.1) is 0 Å². The highest BCUT2D eigenvalue weighted by molar-refractivity contribution is 5.87. The summed E-state index contributed by atoms with van der Waals surface area (Å²) in [6, 6.07) is 11.1. The third-order valence-corrected chi connectivity index (χ3v) is 5.83. The second-order valence-electron chi connectivity index (χ2n) is 7.59. The zero-order valence-electron chi connectivity index (χ0n) is 15.9. The minimum Gasteiger partial charge on any atom is -0.354 e. The number of nitrogens with one attached hydrogen (secondary N) is 2. The molecule has 1 aromatic heterocycles. The standard InChI is InChI=1S/C21H28N6/c1-16-14-26(10-11-27(16)18-7-3-4-8-18)21-12-20(23-15-24-21)25-19-9-5-2-6-17(19)13-22/h2,5-6,9,12-13,15-16,18,22H,3-4,7-8,10-11,14H2,1H3,(H,23,24,25). The van der Waals surface area contributed by atoms with E-state index in [-0.39, 0.29) is 0 Å². The number of hydrogen-bond donors (Lipinski definition) is 2. The van der Waals surface area contributed by atoms with Gasteiger partial charge in [0, 0.05) is 55.2 Å². The lowest BCUT2D eigenvalue weighted by atomic mass is 10.1. The third-order valence-electron chi connectivity index (χ3n) is 5.83. The Morgan fingerprint density at radius 1 is 1.15 bits per heavy atom. The molecule has 0 amide bonds. The summed E-state index contributed by atoms with van der Waals surface area (Å²) in [6.07, 6.45) is 8.47. The van der Waals surface area contributed by atoms with Gasteiger partial charge in [-0.05, 0) is 25.8 Å². The molecule has 1 atom stereocenters. The molecule has 2 heterocycles. The lowest BCUT2D eigenvalue weighted by molar-refractivity contribution is 0.130. The van der Waals surface area contributed by atoms with Gasteiger partial charge in [0.05, 0.1) is 0 Å². The topological polar surface area (TPSA) is 68.1 Å². The van der Waals surface area contributed by atoms with Crippen LogP contribution in [0.5, 0.6) is 0 Å². The first-order valence-electron chi connectivity index (χ1n) is 9.94. The van der Waals surface area contributed by atoms with E-state index in [9.17, 15) is 0 Å². The minimum atomic E-state index is 0.548. The van der Waals surface area contributed by atoms with Crippen LogP contribution in [0.15, 0.2) is 36.7 Å². The molecule has 0 bridgehead atoms. The van der Waals surface area contributed by atoms with Crippen LogP contribution in [0, 0.1) is 5.41 Å². The average Bonchev–Trinajstić information content (AvgIpc) is 3.23. The predicted molar refractivity (Wildman–Crippen MR) is 110 cm³/mol. The second-order valence-corrected chi connectivity index (χ2v) is 7.59. The molecular weight excluding hydrogens is 336 g/mol. The maximum Gasteiger partial charge on any atom is 0.135 e. The largest absolute Gasteiger partial charge is 0.354 e. The number of nitrogens with zero attached hydrogens (tertiary/aromatic N) is 4. The molecule has 0 radical (unpaired) electrons. The molecule has 27 heavy (non-hydrogen) atoms. The molecule has 1 saturated heterocycles. The summed E-state index contributed by atoms with van der Waals surface area (Å²) in [7, 11) is 0. The van der Waals surface area contributed by atoms with Crippen molar-refractivity contribution < 1.29 is 0 Å². The van der Waals surface area contributed by atoms with Gasteiger partial charge in [-0.2, -0.15) is 0 Å². The first-order valence-corrected chi connectivity index (χ1v) is 9.94. The molecule has 2 N–H and O–H groups in total. The summed E-state index contributed by atoms with van der Waals surface area (Å²) in [5.74, 6) is 1.73. The van der Waals surface area contributed by atoms with Gasteiger partial charge in [-0.25, -0.2) is 9.97 Å². The lowest BCUT2D eigenvalue weighted by Crippen LogP contribution is -2.55. The van der Waals surface area contributed by atoms with Crippen LogP contribution < -0.4 is 10.2 Å². The molecule has 4 rings (SSSR count). The Kier molecular flexibility index (Phi) is 5.34. The van der Waals surface area contributed by atoms with Crippen molar-refractivity contribution in [3.8, 4) is 0 Å². The molecule has 142 valence electrons. The van der Waals surface area contributed by atoms with Crippen LogP contribution >= 0.6 is 0 Å². The van der Waals surface area contributed by atoms with Crippen molar-refractivity contribution in [2.75, 3.05) is 29.9 Å². The number of aromatic nitrogens is 2. The number of rotatable bonds is 5. The highest BCUT2D eigenvalue weighted by atomic mass is 15.3. The Hall–Kier alpha value is -2.47. The third kappa shape index (κ3) is 3.95. The lowest BCUT2D eigenvalue weighted by Gasteiger charge is -2.43. The molecule has 1 aromatic carbocycles. The molecule has 6 heteroatoms. The zero-order valence-corrected chi connectivity index (χ0v) is 15.9. The van der Waals surface area contributed by atoms with E-state index in [1.807, 2.05) is 30.3 Å². The van der Waals surface area contributed by atoms with Gasteiger partial charge in [-0.1, -0.05) is 31.0 Å². The summed E-state index contributed by atoms with van der Waals surface area (Å²) in [5.41, 5.74) is 1.73. The van der Waals surface area contributed by atoms with Crippen molar-refractivity contribution in [2.24, 2.45) is 0 Å². The molecule has 1 saturated carbocycles. The molecular formula is C21H28N6. The maximum atomic E-state index is 7.55. The van der Waals surface area contributed by atoms with E-state index in [2.05, 4.69) is 32.0 Å². The molecule has 2 fully saturated rings. The summed E-state index contributed by atoms with van der Waals surface area (Å²) >= 11 is 0. The van der Waals surface area contributed by atoms with Crippen molar-refractivity contribution in [1.82, 2.24) is 14.9 Å². The second kappa shape index (κ2) is 8.05. The van der Waals surface area contributed by atoms with E-state index in [1.165, 1.54) is 31.9 Å². The minimum absolute atomic E-state index is 0.548. The van der Waals surface area contributed by atoms with Gasteiger partial charge in [0.1, 0.15) is 18.0 Å². The van der Waals surface area contributed by atoms with E-state index in [0.717, 1.165) is 48.6 Å². The van der Waals surface area contributed by atoms with Crippen LogP contribution in [-0.2, 0) is 0 Å². The van der Waals surface area contributed by atoms with E-state index in [1.54, 1.807) is 6.33 Å². The Morgan fingerprint density at radius 3 is 2.74 bits per heavy atom. The van der Waals surface area contributed by atoms with Crippen LogP contribution in [0.4, 0.5) is 17.3 Å². The quantitative estimate of drug-likeness (QED) is 0.792. The molecule has 0 spiro atoms. The normalized spacial score (nSPS) is 21.4. The van der Waals surface area contributed by atoms with Gasteiger partial charge in [0.25, 0.3) is 0 Å². The molecule has 2 aromatic rings. The average molecular weight is 364 g/mol. The molecule has 1 aliphatic carbocycles. The van der Waals surface area contributed by atoms with Gasteiger partial charge in [0.15, 0.2) is 0 Å². The highest BCUT2D eigenvalue weighted by Crippen LogP contribution is 2.28. The Bertz CT molecular complexity index is 786. The molecule has 1 unspecified atom stereocenters. The summed E-state index contributed by atoms with van der Waals surface area (Å²) in [4.78, 5) is 13.9. The summed E-state index contributed by atoms with van der Waals surface area (Å²) < 4.78 is 0. The van der Waals surface area contributed by atoms with Gasteiger partial charge < -0.3 is 15.6 Å². The Balaban J connectivity index is 1.45. The SMILES string of the molecule is CC1CN(c2cc(Nc3ccccc3C=N)ncn2)CCN1C1CCCC1. The monoisotopic (exact) mass is 364 g/mol. The van der Waals surface area contributed by atoms with Crippen LogP contribution in [0.3, 0.4) is 0 Å². The molecule has 6 nitrogen and oxygen atoms in total. The van der Waals surface area contributed by atoms with Gasteiger partial charge in [-0.3, -0.25) is 4.90 Å². The number of para-hydroxylation sites is 1. The fraction of sp³-hybridized carbons (Fsp3) is 0.476. The van der Waals surface area contributed by atoms with E-state index in [0.29, 0.717) is 6.04 Å². The van der Waals surface area contributed by atoms with Crippen molar-refractivity contribution in [2.45, 2.75) is 44.7 Å². The fourth-order valence-corrected chi connectivity index (χ4v) is 4.42. The predicted octanol–water partition coefficient (Wildman–Crippen LogP) is 3.67. The van der Waals surface area contributed by atoms with Crippen molar-refractivity contribution in [3.63, 3.8) is 0 Å².